The molecule has 0 aliphatic heterocycles. The van der Waals surface area contributed by atoms with Crippen LogP contribution in [-0.2, 0) is 13.0 Å². The van der Waals surface area contributed by atoms with E-state index in [9.17, 15) is 4.79 Å². The van der Waals surface area contributed by atoms with E-state index in [1.165, 1.54) is 12.3 Å². The Bertz CT molecular complexity index is 628. The van der Waals surface area contributed by atoms with Crippen LogP contribution in [0.4, 0.5) is 11.5 Å². The molecule has 6 heteroatoms. The highest BCUT2D eigenvalue weighted by atomic mass is 16.4. The molecular formula is C14H16N4O2. The molecule has 0 aliphatic carbocycles. The minimum absolute atomic E-state index is 0.0410. The number of aromatic carboxylic acids is 1. The van der Waals surface area contributed by atoms with Crippen molar-refractivity contribution in [3.8, 4) is 0 Å². The van der Waals surface area contributed by atoms with Crippen LogP contribution in [-0.4, -0.2) is 21.0 Å². The number of nitrogens with two attached hydrogens (primary N) is 1. The predicted molar refractivity (Wildman–Crippen MR) is 76.6 cm³/mol. The summed E-state index contributed by atoms with van der Waals surface area (Å²) in [6, 6.07) is 5.27. The van der Waals surface area contributed by atoms with Crippen molar-refractivity contribution in [3.63, 3.8) is 0 Å². The Morgan fingerprint density at radius 2 is 2.15 bits per heavy atom. The van der Waals surface area contributed by atoms with Crippen LogP contribution in [0.25, 0.3) is 0 Å². The highest BCUT2D eigenvalue weighted by molar-refractivity contribution is 5.96. The van der Waals surface area contributed by atoms with Crippen molar-refractivity contribution in [1.29, 1.82) is 0 Å². The van der Waals surface area contributed by atoms with Gasteiger partial charge in [0.15, 0.2) is 0 Å². The monoisotopic (exact) mass is 272 g/mol. The van der Waals surface area contributed by atoms with E-state index in [-0.39, 0.29) is 11.3 Å². The maximum atomic E-state index is 11.0. The van der Waals surface area contributed by atoms with Gasteiger partial charge in [-0.2, -0.15) is 0 Å². The minimum atomic E-state index is -1.07. The van der Waals surface area contributed by atoms with E-state index >= 15 is 0 Å². The topological polar surface area (TPSA) is 101 Å². The van der Waals surface area contributed by atoms with Gasteiger partial charge in [0.2, 0.25) is 0 Å². The van der Waals surface area contributed by atoms with Crippen LogP contribution in [0.15, 0.2) is 30.6 Å². The molecular weight excluding hydrogens is 256 g/mol. The van der Waals surface area contributed by atoms with E-state index in [2.05, 4.69) is 22.2 Å². The molecule has 0 aliphatic rings. The molecule has 20 heavy (non-hydrogen) atoms. The Hall–Kier alpha value is -2.63. The summed E-state index contributed by atoms with van der Waals surface area (Å²) in [4.78, 5) is 19.4. The summed E-state index contributed by atoms with van der Waals surface area (Å²) < 4.78 is 0. The van der Waals surface area contributed by atoms with Crippen molar-refractivity contribution in [3.05, 3.63) is 47.4 Å². The van der Waals surface area contributed by atoms with Crippen molar-refractivity contribution in [2.24, 2.45) is 0 Å². The van der Waals surface area contributed by atoms with Gasteiger partial charge in [0.05, 0.1) is 23.5 Å². The van der Waals surface area contributed by atoms with Crippen LogP contribution in [0.5, 0.6) is 0 Å². The fourth-order valence-electron chi connectivity index (χ4n) is 1.92. The largest absolute Gasteiger partial charge is 0.478 e. The molecule has 0 atom stereocenters. The average Bonchev–Trinajstić information content (AvgIpc) is 2.46. The molecule has 2 heterocycles. The Morgan fingerprint density at radius 1 is 1.35 bits per heavy atom. The summed E-state index contributed by atoms with van der Waals surface area (Å²) in [5.41, 5.74) is 8.00. The van der Waals surface area contributed by atoms with Gasteiger partial charge in [0.25, 0.3) is 0 Å². The molecule has 2 aromatic heterocycles. The van der Waals surface area contributed by atoms with Crippen molar-refractivity contribution < 1.29 is 9.90 Å². The molecule has 0 bridgehead atoms. The molecule has 6 nitrogen and oxygen atoms in total. The first-order valence-corrected chi connectivity index (χ1v) is 6.28. The van der Waals surface area contributed by atoms with E-state index in [1.807, 2.05) is 12.1 Å². The van der Waals surface area contributed by atoms with Crippen molar-refractivity contribution >= 4 is 17.5 Å². The molecule has 0 saturated carbocycles. The second-order valence-corrected chi connectivity index (χ2v) is 4.24. The minimum Gasteiger partial charge on any atom is -0.478 e. The number of pyridine rings is 2. The Morgan fingerprint density at radius 3 is 2.85 bits per heavy atom. The average molecular weight is 272 g/mol. The number of nitrogen functional groups attached to an aromatic ring is 1. The zero-order chi connectivity index (χ0) is 14.5. The molecule has 0 unspecified atom stereocenters. The first kappa shape index (κ1) is 13.8. The third-order valence-electron chi connectivity index (χ3n) is 3.01. The number of hydrogen-bond donors (Lipinski definition) is 3. The molecule has 0 spiro atoms. The molecule has 0 amide bonds. The van der Waals surface area contributed by atoms with Gasteiger partial charge in [0, 0.05) is 12.4 Å². The number of nitrogens with zero attached hydrogens (tertiary/aromatic N) is 2. The second kappa shape index (κ2) is 6.01. The van der Waals surface area contributed by atoms with Gasteiger partial charge in [-0.25, -0.2) is 9.78 Å². The van der Waals surface area contributed by atoms with Crippen LogP contribution in [0.1, 0.15) is 28.5 Å². The quantitative estimate of drug-likeness (QED) is 0.768. The summed E-state index contributed by atoms with van der Waals surface area (Å²) in [6.07, 6.45) is 4.02. The Labute approximate surface area is 116 Å². The van der Waals surface area contributed by atoms with Crippen molar-refractivity contribution in [1.82, 2.24) is 9.97 Å². The van der Waals surface area contributed by atoms with Crippen LogP contribution < -0.4 is 11.1 Å². The molecule has 2 aromatic rings. The summed E-state index contributed by atoms with van der Waals surface area (Å²) in [5, 5.41) is 12.0. The molecule has 2 rings (SSSR count). The van der Waals surface area contributed by atoms with Crippen LogP contribution in [0.3, 0.4) is 0 Å². The third-order valence-corrected chi connectivity index (χ3v) is 3.01. The number of aryl methyl sites for hydroxylation is 1. The highest BCUT2D eigenvalue weighted by Gasteiger charge is 2.12. The summed E-state index contributed by atoms with van der Waals surface area (Å²) in [7, 11) is 0. The molecule has 0 fully saturated rings. The van der Waals surface area contributed by atoms with Gasteiger partial charge in [-0.3, -0.25) is 4.98 Å². The fraction of sp³-hybridized carbons (Fsp3) is 0.214. The lowest BCUT2D eigenvalue weighted by atomic mass is 10.1. The number of hydrogen-bond acceptors (Lipinski definition) is 5. The lowest BCUT2D eigenvalue weighted by Crippen LogP contribution is -2.11. The van der Waals surface area contributed by atoms with Gasteiger partial charge in [0.1, 0.15) is 5.82 Å². The number of carbonyl (C=O) groups is 1. The van der Waals surface area contributed by atoms with Gasteiger partial charge in [-0.15, -0.1) is 0 Å². The lowest BCUT2D eigenvalue weighted by Gasteiger charge is -2.11. The van der Waals surface area contributed by atoms with E-state index in [1.54, 1.807) is 6.20 Å². The number of carboxylic acids is 1. The van der Waals surface area contributed by atoms with Gasteiger partial charge in [-0.1, -0.05) is 13.0 Å². The molecule has 0 saturated heterocycles. The SMILES string of the molecule is CCc1cccnc1CNc1nccc(C(=O)O)c1N. The predicted octanol–water partition coefficient (Wildman–Crippen LogP) is 1.93. The van der Waals surface area contributed by atoms with E-state index in [4.69, 9.17) is 10.8 Å². The molecule has 4 N–H and O–H groups in total. The summed E-state index contributed by atoms with van der Waals surface area (Å²) >= 11 is 0. The molecule has 0 radical (unpaired) electrons. The van der Waals surface area contributed by atoms with E-state index in [0.717, 1.165) is 17.7 Å². The van der Waals surface area contributed by atoms with Gasteiger partial charge in [-0.05, 0) is 24.1 Å². The smallest absolute Gasteiger partial charge is 0.337 e. The first-order chi connectivity index (χ1) is 9.63. The Balaban J connectivity index is 2.19. The van der Waals surface area contributed by atoms with Crippen LogP contribution >= 0.6 is 0 Å². The number of anilines is 2. The van der Waals surface area contributed by atoms with Crippen molar-refractivity contribution in [2.75, 3.05) is 11.1 Å². The maximum absolute atomic E-state index is 11.0. The third kappa shape index (κ3) is 2.85. The second-order valence-electron chi connectivity index (χ2n) is 4.24. The van der Waals surface area contributed by atoms with E-state index in [0.29, 0.717) is 12.4 Å². The first-order valence-electron chi connectivity index (χ1n) is 6.28. The normalized spacial score (nSPS) is 10.2. The molecule has 104 valence electrons. The van der Waals surface area contributed by atoms with E-state index < -0.39 is 5.97 Å². The number of rotatable bonds is 5. The van der Waals surface area contributed by atoms with Crippen LogP contribution in [0, 0.1) is 0 Å². The van der Waals surface area contributed by atoms with Crippen molar-refractivity contribution in [2.45, 2.75) is 19.9 Å². The molecule has 0 aromatic carbocycles. The number of nitrogens with one attached hydrogen (secondary N) is 1. The number of carboxylic acid groups (broad SMARTS) is 1. The maximum Gasteiger partial charge on any atom is 0.337 e. The standard InChI is InChI=1S/C14H16N4O2/c1-2-9-4-3-6-16-11(9)8-18-13-12(15)10(14(19)20)5-7-17-13/h3-7H,2,8,15H2,1H3,(H,17,18)(H,19,20). The summed E-state index contributed by atoms with van der Waals surface area (Å²) in [6.45, 7) is 2.50. The zero-order valence-electron chi connectivity index (χ0n) is 11.1. The van der Waals surface area contributed by atoms with Crippen LogP contribution in [0.2, 0.25) is 0 Å². The van der Waals surface area contributed by atoms with Gasteiger partial charge < -0.3 is 16.2 Å². The van der Waals surface area contributed by atoms with Gasteiger partial charge >= 0.3 is 5.97 Å². The fourth-order valence-corrected chi connectivity index (χ4v) is 1.92. The summed E-state index contributed by atoms with van der Waals surface area (Å²) in [5.74, 6) is -0.711. The highest BCUT2D eigenvalue weighted by Crippen LogP contribution is 2.20. The zero-order valence-corrected chi connectivity index (χ0v) is 11.1. The lowest BCUT2D eigenvalue weighted by molar-refractivity contribution is 0.0698. The Kier molecular flexibility index (Phi) is 4.14. The number of aromatic nitrogens is 2.